The number of halogens is 1. The first-order chi connectivity index (χ1) is 12.1. The molecule has 3 nitrogen and oxygen atoms in total. The average molecular weight is 352 g/mol. The van der Waals surface area contributed by atoms with Crippen LogP contribution < -0.4 is 5.43 Å². The first-order valence-corrected chi connectivity index (χ1v) is 8.69. The normalized spacial score (nSPS) is 11.2. The van der Waals surface area contributed by atoms with Gasteiger partial charge in [-0.3, -0.25) is 0 Å². The highest BCUT2D eigenvalue weighted by Crippen LogP contribution is 2.20. The molecule has 3 rings (SSSR count). The minimum atomic E-state index is 0.604. The van der Waals surface area contributed by atoms with Crippen LogP contribution in [0.15, 0.2) is 59.7 Å². The van der Waals surface area contributed by atoms with Gasteiger partial charge in [-0.05, 0) is 56.2 Å². The molecule has 1 aromatic heterocycles. The van der Waals surface area contributed by atoms with E-state index >= 15 is 0 Å². The van der Waals surface area contributed by atoms with Crippen LogP contribution in [0.4, 0.5) is 0 Å². The zero-order valence-corrected chi connectivity index (χ0v) is 15.5. The molecule has 128 valence electrons. The molecule has 0 bridgehead atoms. The van der Waals surface area contributed by atoms with E-state index in [1.165, 1.54) is 22.6 Å². The van der Waals surface area contributed by atoms with Crippen LogP contribution in [-0.4, -0.2) is 10.8 Å². The van der Waals surface area contributed by atoms with Crippen molar-refractivity contribution in [2.24, 2.45) is 5.10 Å². The third-order valence-electron chi connectivity index (χ3n) is 4.25. The van der Waals surface area contributed by atoms with Gasteiger partial charge in [-0.25, -0.2) is 0 Å². The monoisotopic (exact) mass is 351 g/mol. The van der Waals surface area contributed by atoms with Crippen molar-refractivity contribution in [3.63, 3.8) is 0 Å². The summed E-state index contributed by atoms with van der Waals surface area (Å²) in [5, 5.41) is 5.11. The highest BCUT2D eigenvalue weighted by molar-refractivity contribution is 6.31. The lowest BCUT2D eigenvalue weighted by atomic mass is 10.2. The second kappa shape index (κ2) is 7.58. The molecule has 0 radical (unpaired) electrons. The van der Waals surface area contributed by atoms with Crippen molar-refractivity contribution in [2.45, 2.75) is 27.3 Å². The molecule has 0 saturated carbocycles. The second-order valence-electron chi connectivity index (χ2n) is 6.19. The summed E-state index contributed by atoms with van der Waals surface area (Å²) in [6.45, 7) is 6.94. The lowest BCUT2D eigenvalue weighted by molar-refractivity contribution is 0.748. The topological polar surface area (TPSA) is 29.3 Å². The molecule has 3 aromatic rings. The lowest BCUT2D eigenvalue weighted by Gasteiger charge is -2.10. The third-order valence-corrected chi connectivity index (χ3v) is 4.62. The number of nitrogens with zero attached hydrogens (tertiary/aromatic N) is 2. The van der Waals surface area contributed by atoms with Gasteiger partial charge in [-0.15, -0.1) is 0 Å². The molecule has 0 fully saturated rings. The van der Waals surface area contributed by atoms with Crippen LogP contribution in [0.1, 0.15) is 28.1 Å². The number of aromatic nitrogens is 1. The molecule has 0 saturated heterocycles. The fourth-order valence-corrected chi connectivity index (χ4v) is 3.17. The summed E-state index contributed by atoms with van der Waals surface area (Å²) in [6.07, 6.45) is 1.87. The highest BCUT2D eigenvalue weighted by atomic mass is 35.5. The van der Waals surface area contributed by atoms with Gasteiger partial charge in [0.1, 0.15) is 0 Å². The molecule has 0 aliphatic rings. The Kier molecular flexibility index (Phi) is 5.25. The number of hydrogen-bond donors (Lipinski definition) is 1. The van der Waals surface area contributed by atoms with Crippen molar-refractivity contribution in [3.05, 3.63) is 87.7 Å². The molecule has 4 heteroatoms. The van der Waals surface area contributed by atoms with Crippen molar-refractivity contribution in [3.8, 4) is 5.69 Å². The van der Waals surface area contributed by atoms with Crippen LogP contribution in [0.5, 0.6) is 0 Å². The van der Waals surface area contributed by atoms with Crippen molar-refractivity contribution < 1.29 is 0 Å². The molecular weight excluding hydrogens is 330 g/mol. The van der Waals surface area contributed by atoms with Crippen LogP contribution in [0, 0.1) is 20.8 Å². The molecule has 0 aliphatic carbocycles. The predicted molar refractivity (Wildman–Crippen MR) is 106 cm³/mol. The predicted octanol–water partition coefficient (Wildman–Crippen LogP) is 5.18. The summed E-state index contributed by atoms with van der Waals surface area (Å²) in [4.78, 5) is 0. The van der Waals surface area contributed by atoms with Crippen LogP contribution in [0.3, 0.4) is 0 Å². The van der Waals surface area contributed by atoms with Gasteiger partial charge in [0.15, 0.2) is 0 Å². The molecule has 0 spiro atoms. The lowest BCUT2D eigenvalue weighted by Crippen LogP contribution is -2.06. The Hall–Kier alpha value is -2.52. The summed E-state index contributed by atoms with van der Waals surface area (Å²) < 4.78 is 2.25. The first kappa shape index (κ1) is 17.3. The van der Waals surface area contributed by atoms with Gasteiger partial charge >= 0.3 is 0 Å². The largest absolute Gasteiger partial charge is 0.318 e. The van der Waals surface area contributed by atoms with Gasteiger partial charge in [-0.2, -0.15) is 5.10 Å². The Morgan fingerprint density at radius 3 is 2.60 bits per heavy atom. The Morgan fingerprint density at radius 1 is 1.04 bits per heavy atom. The smallest absolute Gasteiger partial charge is 0.0594 e. The first-order valence-electron chi connectivity index (χ1n) is 8.31. The molecule has 0 atom stereocenters. The SMILES string of the molecule is Cc1cccc(-n2c(C)cc(/C=N\NCc3ccccc3Cl)c2C)c1. The maximum Gasteiger partial charge on any atom is 0.0594 e. The van der Waals surface area contributed by atoms with Crippen molar-refractivity contribution in [1.82, 2.24) is 9.99 Å². The van der Waals surface area contributed by atoms with Crippen LogP contribution >= 0.6 is 11.6 Å². The van der Waals surface area contributed by atoms with E-state index in [2.05, 4.69) is 66.2 Å². The summed E-state index contributed by atoms with van der Waals surface area (Å²) in [6, 6.07) is 18.4. The standard InChI is InChI=1S/C21H22ClN3/c1-15-7-6-9-20(11-15)25-16(2)12-19(17(25)3)14-24-23-13-18-8-4-5-10-21(18)22/h4-12,14,23H,13H2,1-3H3/b24-14-. The Labute approximate surface area is 154 Å². The Balaban J connectivity index is 1.75. The summed E-state index contributed by atoms with van der Waals surface area (Å²) >= 11 is 6.15. The van der Waals surface area contributed by atoms with Crippen LogP contribution in [0.2, 0.25) is 5.02 Å². The van der Waals surface area contributed by atoms with Gasteiger partial charge in [0.05, 0.1) is 12.8 Å². The van der Waals surface area contributed by atoms with E-state index in [9.17, 15) is 0 Å². The fourth-order valence-electron chi connectivity index (χ4n) is 2.97. The van der Waals surface area contributed by atoms with Gasteiger partial charge in [0.2, 0.25) is 0 Å². The van der Waals surface area contributed by atoms with E-state index in [4.69, 9.17) is 11.6 Å². The second-order valence-corrected chi connectivity index (χ2v) is 6.59. The van der Waals surface area contributed by atoms with Crippen LogP contribution in [0.25, 0.3) is 5.69 Å². The minimum absolute atomic E-state index is 0.604. The highest BCUT2D eigenvalue weighted by Gasteiger charge is 2.09. The number of rotatable bonds is 5. The number of benzene rings is 2. The maximum atomic E-state index is 6.15. The van der Waals surface area contributed by atoms with Gasteiger partial charge in [0, 0.05) is 27.7 Å². The van der Waals surface area contributed by atoms with Crippen molar-refractivity contribution >= 4 is 17.8 Å². The quantitative estimate of drug-likeness (QED) is 0.498. The summed E-state index contributed by atoms with van der Waals surface area (Å²) in [5.41, 5.74) is 10.0. The molecular formula is C21H22ClN3. The zero-order chi connectivity index (χ0) is 17.8. The van der Waals surface area contributed by atoms with E-state index in [1.807, 2.05) is 30.5 Å². The van der Waals surface area contributed by atoms with E-state index in [0.29, 0.717) is 6.54 Å². The zero-order valence-electron chi connectivity index (χ0n) is 14.8. The van der Waals surface area contributed by atoms with Crippen molar-refractivity contribution in [1.29, 1.82) is 0 Å². The van der Waals surface area contributed by atoms with Gasteiger partial charge in [0.25, 0.3) is 0 Å². The van der Waals surface area contributed by atoms with E-state index in [-0.39, 0.29) is 0 Å². The average Bonchev–Trinajstić information content (AvgIpc) is 2.87. The summed E-state index contributed by atoms with van der Waals surface area (Å²) in [5.74, 6) is 0. The molecule has 0 amide bonds. The minimum Gasteiger partial charge on any atom is -0.318 e. The van der Waals surface area contributed by atoms with E-state index in [0.717, 1.165) is 16.1 Å². The molecule has 25 heavy (non-hydrogen) atoms. The molecule has 0 aliphatic heterocycles. The van der Waals surface area contributed by atoms with Gasteiger partial charge in [-0.1, -0.05) is 41.9 Å². The number of nitrogens with one attached hydrogen (secondary N) is 1. The Morgan fingerprint density at radius 2 is 1.84 bits per heavy atom. The van der Waals surface area contributed by atoms with E-state index in [1.54, 1.807) is 0 Å². The van der Waals surface area contributed by atoms with Crippen LogP contribution in [-0.2, 0) is 6.54 Å². The number of hydrazone groups is 1. The van der Waals surface area contributed by atoms with E-state index < -0.39 is 0 Å². The fraction of sp³-hybridized carbons (Fsp3) is 0.190. The van der Waals surface area contributed by atoms with Gasteiger partial charge < -0.3 is 9.99 Å². The maximum absolute atomic E-state index is 6.15. The molecule has 1 N–H and O–H groups in total. The Bertz CT molecular complexity index is 909. The molecule has 2 aromatic carbocycles. The number of aryl methyl sites for hydroxylation is 2. The molecule has 0 unspecified atom stereocenters. The summed E-state index contributed by atoms with van der Waals surface area (Å²) in [7, 11) is 0. The number of hydrogen-bond acceptors (Lipinski definition) is 2. The molecule has 1 heterocycles. The van der Waals surface area contributed by atoms with Crippen molar-refractivity contribution in [2.75, 3.05) is 0 Å². The third kappa shape index (κ3) is 3.94.